The van der Waals surface area contributed by atoms with E-state index in [0.29, 0.717) is 24.3 Å². The Morgan fingerprint density at radius 3 is 2.64 bits per heavy atom. The molecule has 4 amide bonds. The number of anilines is 1. The zero-order valence-corrected chi connectivity index (χ0v) is 18.8. The summed E-state index contributed by atoms with van der Waals surface area (Å²) >= 11 is 0. The topological polar surface area (TPSA) is 88.2 Å². The lowest BCUT2D eigenvalue weighted by Gasteiger charge is -2.49. The fraction of sp³-hybridized carbons (Fsp3) is 0.400. The molecule has 3 aliphatic heterocycles. The first kappa shape index (κ1) is 21.3. The van der Waals surface area contributed by atoms with Crippen LogP contribution in [-0.2, 0) is 22.4 Å². The number of nitrogens with zero attached hydrogens (tertiary/aromatic N) is 2. The number of rotatable bonds is 5. The predicted molar refractivity (Wildman–Crippen MR) is 121 cm³/mol. The molecule has 172 valence electrons. The third kappa shape index (κ3) is 3.23. The molecular formula is C25H27N3O5. The zero-order valence-electron chi connectivity index (χ0n) is 18.8. The number of hydrogen-bond acceptors (Lipinski definition) is 6. The van der Waals surface area contributed by atoms with Crippen LogP contribution in [0.4, 0.5) is 10.5 Å². The van der Waals surface area contributed by atoms with Crippen molar-refractivity contribution in [2.24, 2.45) is 5.41 Å². The van der Waals surface area contributed by atoms with Crippen molar-refractivity contribution in [2.45, 2.75) is 31.7 Å². The van der Waals surface area contributed by atoms with Gasteiger partial charge in [0, 0.05) is 18.8 Å². The van der Waals surface area contributed by atoms with Crippen molar-refractivity contribution in [2.75, 3.05) is 32.2 Å². The van der Waals surface area contributed by atoms with Crippen LogP contribution in [0, 0.1) is 5.41 Å². The predicted octanol–water partition coefficient (Wildman–Crippen LogP) is 2.54. The largest absolute Gasteiger partial charge is 0.493 e. The lowest BCUT2D eigenvalue weighted by atomic mass is 9.68. The summed E-state index contributed by atoms with van der Waals surface area (Å²) in [5.41, 5.74) is 1.65. The Morgan fingerprint density at radius 2 is 1.85 bits per heavy atom. The number of benzene rings is 2. The van der Waals surface area contributed by atoms with Crippen molar-refractivity contribution in [1.29, 1.82) is 0 Å². The molecule has 0 saturated carbocycles. The van der Waals surface area contributed by atoms with Gasteiger partial charge in [0.05, 0.1) is 20.3 Å². The number of imide groups is 2. The lowest BCUT2D eigenvalue weighted by Crippen LogP contribution is -2.71. The quantitative estimate of drug-likeness (QED) is 0.706. The molecule has 1 spiro atoms. The van der Waals surface area contributed by atoms with E-state index in [2.05, 4.69) is 10.2 Å². The summed E-state index contributed by atoms with van der Waals surface area (Å²) in [6.45, 7) is 0.965. The van der Waals surface area contributed by atoms with E-state index in [-0.39, 0.29) is 12.6 Å². The van der Waals surface area contributed by atoms with Crippen molar-refractivity contribution in [3.05, 3.63) is 53.6 Å². The van der Waals surface area contributed by atoms with Gasteiger partial charge in [-0.05, 0) is 55.0 Å². The minimum absolute atomic E-state index is 0.170. The highest BCUT2D eigenvalue weighted by molar-refractivity contribution is 6.20. The average molecular weight is 450 g/mol. The minimum Gasteiger partial charge on any atom is -0.493 e. The molecule has 3 heterocycles. The normalized spacial score (nSPS) is 23.9. The summed E-state index contributed by atoms with van der Waals surface area (Å²) < 4.78 is 10.6. The van der Waals surface area contributed by atoms with E-state index in [0.717, 1.165) is 36.2 Å². The van der Waals surface area contributed by atoms with Crippen LogP contribution in [0.5, 0.6) is 11.5 Å². The van der Waals surface area contributed by atoms with Crippen molar-refractivity contribution in [1.82, 2.24) is 10.2 Å². The van der Waals surface area contributed by atoms with E-state index in [1.807, 2.05) is 36.4 Å². The lowest BCUT2D eigenvalue weighted by molar-refractivity contribution is -0.153. The number of amides is 4. The Hall–Kier alpha value is -3.55. The van der Waals surface area contributed by atoms with Crippen LogP contribution in [0.25, 0.3) is 0 Å². The van der Waals surface area contributed by atoms with Crippen molar-refractivity contribution in [3.63, 3.8) is 0 Å². The first-order valence-corrected chi connectivity index (χ1v) is 11.2. The third-order valence-electron chi connectivity index (χ3n) is 7.16. The van der Waals surface area contributed by atoms with Gasteiger partial charge < -0.3 is 14.4 Å². The summed E-state index contributed by atoms with van der Waals surface area (Å²) in [6.07, 6.45) is 2.38. The number of fused-ring (bicyclic) bond motifs is 4. The fourth-order valence-corrected chi connectivity index (χ4v) is 5.56. The van der Waals surface area contributed by atoms with Crippen molar-refractivity contribution < 1.29 is 23.9 Å². The van der Waals surface area contributed by atoms with Crippen LogP contribution >= 0.6 is 0 Å². The molecular weight excluding hydrogens is 422 g/mol. The summed E-state index contributed by atoms with van der Waals surface area (Å²) in [5, 5.41) is 2.50. The Bertz CT molecular complexity index is 1130. The monoisotopic (exact) mass is 449 g/mol. The standard InChI is InChI=1S/C25H27N3O5/c1-32-19-10-9-16(14-20(19)33-2)11-13-28-23(30)25(22(29)26-24(28)31)15-17-6-3-4-7-18(17)27-12-5-8-21(25)27/h3-4,6-7,9-10,14,21H,5,8,11-13,15H2,1-2H3,(H,26,29,31)/t21-,25+/m0/s1. The SMILES string of the molecule is COc1ccc(CCN2C(=O)NC(=O)[C@]3(Cc4ccccc4N4CCC[C@H]43)C2=O)cc1OC. The van der Waals surface area contributed by atoms with Crippen LogP contribution in [0.15, 0.2) is 42.5 Å². The Morgan fingerprint density at radius 1 is 1.06 bits per heavy atom. The van der Waals surface area contributed by atoms with E-state index in [4.69, 9.17) is 9.47 Å². The minimum atomic E-state index is -1.30. The Labute approximate surface area is 192 Å². The second-order valence-corrected chi connectivity index (χ2v) is 8.78. The first-order valence-electron chi connectivity index (χ1n) is 11.2. The van der Waals surface area contributed by atoms with Gasteiger partial charge in [0.25, 0.3) is 0 Å². The highest BCUT2D eigenvalue weighted by atomic mass is 16.5. The number of ether oxygens (including phenoxy) is 2. The maximum Gasteiger partial charge on any atom is 0.330 e. The zero-order chi connectivity index (χ0) is 23.2. The van der Waals surface area contributed by atoms with Crippen molar-refractivity contribution in [3.8, 4) is 11.5 Å². The molecule has 2 atom stereocenters. The number of nitrogens with one attached hydrogen (secondary N) is 1. The van der Waals surface area contributed by atoms with Gasteiger partial charge >= 0.3 is 6.03 Å². The number of methoxy groups -OCH3 is 2. The molecule has 2 fully saturated rings. The van der Waals surface area contributed by atoms with E-state index < -0.39 is 23.3 Å². The van der Waals surface area contributed by atoms with Gasteiger partial charge in [0.2, 0.25) is 11.8 Å². The van der Waals surface area contributed by atoms with Crippen molar-refractivity contribution >= 4 is 23.5 Å². The van der Waals surface area contributed by atoms with Crippen LogP contribution < -0.4 is 19.7 Å². The Kier molecular flexibility index (Phi) is 5.23. The molecule has 8 nitrogen and oxygen atoms in total. The van der Waals surface area contributed by atoms with Gasteiger partial charge in [0.1, 0.15) is 0 Å². The van der Waals surface area contributed by atoms with E-state index in [1.165, 1.54) is 4.90 Å². The maximum absolute atomic E-state index is 13.9. The maximum atomic E-state index is 13.9. The molecule has 3 aliphatic rings. The summed E-state index contributed by atoms with van der Waals surface area (Å²) in [4.78, 5) is 43.3. The summed E-state index contributed by atoms with van der Waals surface area (Å²) in [7, 11) is 3.13. The van der Waals surface area contributed by atoms with Crippen LogP contribution in [0.1, 0.15) is 24.0 Å². The molecule has 1 N–H and O–H groups in total. The highest BCUT2D eigenvalue weighted by Gasteiger charge is 2.62. The van der Waals surface area contributed by atoms with E-state index in [1.54, 1.807) is 20.3 Å². The number of carbonyl (C=O) groups is 3. The van der Waals surface area contributed by atoms with Gasteiger partial charge in [-0.25, -0.2) is 4.79 Å². The molecule has 2 aromatic rings. The number of carbonyl (C=O) groups excluding carboxylic acids is 3. The average Bonchev–Trinajstić information content (AvgIpc) is 3.33. The number of barbiturate groups is 1. The molecule has 0 unspecified atom stereocenters. The van der Waals surface area contributed by atoms with Gasteiger partial charge in [-0.2, -0.15) is 0 Å². The van der Waals surface area contributed by atoms with Crippen LogP contribution in [0.2, 0.25) is 0 Å². The molecule has 2 aromatic carbocycles. The molecule has 0 radical (unpaired) electrons. The number of para-hydroxylation sites is 1. The van der Waals surface area contributed by atoms with Crippen LogP contribution in [-0.4, -0.2) is 56.1 Å². The highest BCUT2D eigenvalue weighted by Crippen LogP contribution is 2.48. The molecule has 0 aromatic heterocycles. The summed E-state index contributed by atoms with van der Waals surface area (Å²) in [5.74, 6) is 0.316. The van der Waals surface area contributed by atoms with E-state index >= 15 is 0 Å². The molecule has 0 bridgehead atoms. The first-order chi connectivity index (χ1) is 16.0. The second kappa shape index (κ2) is 8.10. The molecule has 33 heavy (non-hydrogen) atoms. The fourth-order valence-electron chi connectivity index (χ4n) is 5.56. The molecule has 2 saturated heterocycles. The summed E-state index contributed by atoms with van der Waals surface area (Å²) in [6, 6.07) is 12.5. The second-order valence-electron chi connectivity index (χ2n) is 8.78. The van der Waals surface area contributed by atoms with Crippen LogP contribution in [0.3, 0.4) is 0 Å². The van der Waals surface area contributed by atoms with Gasteiger partial charge in [0.15, 0.2) is 16.9 Å². The molecule has 8 heteroatoms. The third-order valence-corrected chi connectivity index (χ3v) is 7.16. The van der Waals surface area contributed by atoms with Gasteiger partial charge in [-0.3, -0.25) is 19.8 Å². The van der Waals surface area contributed by atoms with Gasteiger partial charge in [-0.1, -0.05) is 24.3 Å². The smallest absolute Gasteiger partial charge is 0.330 e. The Balaban J connectivity index is 1.45. The molecule has 0 aliphatic carbocycles. The number of urea groups is 1. The van der Waals surface area contributed by atoms with Gasteiger partial charge in [-0.15, -0.1) is 0 Å². The van der Waals surface area contributed by atoms with E-state index in [9.17, 15) is 14.4 Å². The molecule has 5 rings (SSSR count). The number of hydrogen-bond donors (Lipinski definition) is 1.